The van der Waals surface area contributed by atoms with E-state index in [0.29, 0.717) is 0 Å². The summed E-state index contributed by atoms with van der Waals surface area (Å²) in [5.41, 5.74) is 4.86. The summed E-state index contributed by atoms with van der Waals surface area (Å²) in [6, 6.07) is 1.72. The van der Waals surface area contributed by atoms with Gasteiger partial charge in [-0.15, -0.1) is 0 Å². The molecule has 0 unspecified atom stereocenters. The van der Waals surface area contributed by atoms with Crippen LogP contribution in [0.25, 0.3) is 0 Å². The van der Waals surface area contributed by atoms with E-state index in [0.717, 1.165) is 25.7 Å². The Morgan fingerprint density at radius 3 is 2.00 bits per heavy atom. The molecule has 1 aliphatic carbocycles. The molecule has 2 heterocycles. The Bertz CT molecular complexity index is 401. The lowest BCUT2D eigenvalue weighted by Gasteiger charge is -2.20. The van der Waals surface area contributed by atoms with E-state index in [4.69, 9.17) is 10.5 Å². The van der Waals surface area contributed by atoms with Crippen LogP contribution in [-0.2, 0) is 4.74 Å². The van der Waals surface area contributed by atoms with Gasteiger partial charge < -0.3 is 15.0 Å². The molecule has 2 N–H and O–H groups in total. The molecule has 0 bridgehead atoms. The van der Waals surface area contributed by atoms with Crippen molar-refractivity contribution in [2.45, 2.75) is 38.2 Å². The second kappa shape index (κ2) is 11.4. The van der Waals surface area contributed by atoms with Crippen molar-refractivity contribution >= 4 is 6.09 Å². The number of aromatic nitrogens is 3. The van der Waals surface area contributed by atoms with Gasteiger partial charge in [0, 0.05) is 24.8 Å². The van der Waals surface area contributed by atoms with Crippen LogP contribution in [0.3, 0.4) is 0 Å². The number of hydrogen-bond acceptors (Lipinski definition) is 6. The first-order valence-electron chi connectivity index (χ1n) is 6.79. The molecule has 0 aliphatic heterocycles. The Kier molecular flexibility index (Phi) is 9.01. The molecule has 0 aromatic carbocycles. The molecule has 0 atom stereocenters. The van der Waals surface area contributed by atoms with Gasteiger partial charge in [-0.05, 0) is 31.7 Å². The van der Waals surface area contributed by atoms with Gasteiger partial charge in [0.25, 0.3) is 0 Å². The number of carbonyl (C=O) groups is 1. The molecule has 7 heteroatoms. The van der Waals surface area contributed by atoms with Crippen molar-refractivity contribution in [3.63, 3.8) is 0 Å². The van der Waals surface area contributed by atoms with E-state index in [2.05, 4.69) is 19.6 Å². The summed E-state index contributed by atoms with van der Waals surface area (Å²) in [5.74, 6) is 0. The highest BCUT2D eigenvalue weighted by Gasteiger charge is 2.15. The number of nitrogens with two attached hydrogens (primary N) is 1. The van der Waals surface area contributed by atoms with E-state index in [9.17, 15) is 4.79 Å². The summed E-state index contributed by atoms with van der Waals surface area (Å²) in [6.07, 6.45) is 14.7. The van der Waals surface area contributed by atoms with Crippen molar-refractivity contribution in [1.82, 2.24) is 15.1 Å². The van der Waals surface area contributed by atoms with Crippen molar-refractivity contribution in [1.29, 1.82) is 0 Å². The van der Waals surface area contributed by atoms with Crippen LogP contribution in [0.5, 0.6) is 0 Å². The van der Waals surface area contributed by atoms with E-state index < -0.39 is 6.09 Å². The van der Waals surface area contributed by atoms with Crippen LogP contribution in [0, 0.1) is 0 Å². The van der Waals surface area contributed by atoms with Gasteiger partial charge in [-0.25, -0.2) is 4.79 Å². The molecule has 3 rings (SSSR count). The minimum Gasteiger partial charge on any atom is -0.446 e. The monoisotopic (exact) mass is 292 g/mol. The summed E-state index contributed by atoms with van der Waals surface area (Å²) in [5, 5.41) is 3.35. The predicted octanol–water partition coefficient (Wildman–Crippen LogP) is 2.57. The van der Waals surface area contributed by atoms with Crippen LogP contribution in [0.2, 0.25) is 0 Å². The number of rotatable bonds is 1. The Hall–Kier alpha value is -2.44. The minimum atomic E-state index is -0.632. The van der Waals surface area contributed by atoms with Crippen molar-refractivity contribution in [3.8, 4) is 0 Å². The summed E-state index contributed by atoms with van der Waals surface area (Å²) in [6.45, 7) is 0. The van der Waals surface area contributed by atoms with Crippen molar-refractivity contribution in [2.24, 2.45) is 5.73 Å². The molecular formula is C14H20N4O3. The van der Waals surface area contributed by atoms with Crippen molar-refractivity contribution in [3.05, 3.63) is 43.3 Å². The third-order valence-corrected chi connectivity index (χ3v) is 2.66. The van der Waals surface area contributed by atoms with E-state index in [1.54, 1.807) is 37.1 Å². The lowest BCUT2D eigenvalue weighted by molar-refractivity contribution is 0.0829. The first-order valence-corrected chi connectivity index (χ1v) is 6.79. The van der Waals surface area contributed by atoms with E-state index in [1.807, 2.05) is 0 Å². The summed E-state index contributed by atoms with van der Waals surface area (Å²) in [7, 11) is 0. The fraction of sp³-hybridized carbons (Fsp3) is 0.429. The maximum Gasteiger partial charge on any atom is 0.404 e. The highest BCUT2D eigenvalue weighted by atomic mass is 16.6. The highest BCUT2D eigenvalue weighted by Crippen LogP contribution is 2.19. The van der Waals surface area contributed by atoms with Crippen LogP contribution in [0.1, 0.15) is 32.1 Å². The maximum absolute atomic E-state index is 10.3. The Balaban J connectivity index is 0.000000170. The van der Waals surface area contributed by atoms with Gasteiger partial charge in [-0.1, -0.05) is 11.6 Å². The second-order valence-electron chi connectivity index (χ2n) is 4.28. The van der Waals surface area contributed by atoms with Gasteiger partial charge in [-0.2, -0.15) is 0 Å². The second-order valence-corrected chi connectivity index (χ2v) is 4.28. The summed E-state index contributed by atoms with van der Waals surface area (Å²) in [4.78, 5) is 17.7. The zero-order valence-corrected chi connectivity index (χ0v) is 11.8. The highest BCUT2D eigenvalue weighted by molar-refractivity contribution is 5.64. The average Bonchev–Trinajstić information content (AvgIpc) is 3.10. The van der Waals surface area contributed by atoms with Gasteiger partial charge in [-0.3, -0.25) is 9.97 Å². The fourth-order valence-electron chi connectivity index (χ4n) is 1.78. The third kappa shape index (κ3) is 10.1. The number of carbonyl (C=O) groups excluding carboxylic acids is 1. The van der Waals surface area contributed by atoms with E-state index in [-0.39, 0.29) is 6.10 Å². The molecule has 1 saturated carbocycles. The third-order valence-electron chi connectivity index (χ3n) is 2.66. The summed E-state index contributed by atoms with van der Waals surface area (Å²) < 4.78 is 9.16. The number of nitrogens with zero attached hydrogens (tertiary/aromatic N) is 3. The van der Waals surface area contributed by atoms with Gasteiger partial charge in [0.1, 0.15) is 12.4 Å². The smallest absolute Gasteiger partial charge is 0.404 e. The van der Waals surface area contributed by atoms with Crippen LogP contribution < -0.4 is 5.73 Å². The predicted molar refractivity (Wildman–Crippen MR) is 76.1 cm³/mol. The molecule has 2 aromatic rings. The lowest BCUT2D eigenvalue weighted by atomic mass is 9.98. The molecule has 7 nitrogen and oxygen atoms in total. The molecule has 0 radical (unpaired) electrons. The minimum absolute atomic E-state index is 0.103. The molecule has 21 heavy (non-hydrogen) atoms. The molecular weight excluding hydrogens is 272 g/mol. The van der Waals surface area contributed by atoms with Crippen LogP contribution in [-0.4, -0.2) is 27.3 Å². The van der Waals surface area contributed by atoms with Gasteiger partial charge in [0.05, 0.1) is 6.20 Å². The quantitative estimate of drug-likeness (QED) is 0.866. The van der Waals surface area contributed by atoms with Gasteiger partial charge in [0.2, 0.25) is 0 Å². The first-order chi connectivity index (χ1) is 10.3. The molecule has 1 fully saturated rings. The fourth-order valence-corrected chi connectivity index (χ4v) is 1.78. The standard InChI is InChI=1S/C7H13NO2.C4H4N2.C3H3NO/c8-7(9)10-6-4-2-1-3-5-6;1-2-6-4-3-5-1;1-2-4-5-3-1/h6H,1-5H2,(H2,8,9);1-4H;1-3H. The van der Waals surface area contributed by atoms with Crippen LogP contribution >= 0.6 is 0 Å². The largest absolute Gasteiger partial charge is 0.446 e. The zero-order valence-electron chi connectivity index (χ0n) is 11.8. The van der Waals surface area contributed by atoms with Crippen LogP contribution in [0.15, 0.2) is 47.8 Å². The molecule has 2 aromatic heterocycles. The first kappa shape index (κ1) is 16.6. The molecule has 1 aliphatic rings. The Morgan fingerprint density at radius 2 is 1.67 bits per heavy atom. The number of amides is 1. The van der Waals surface area contributed by atoms with Gasteiger partial charge >= 0.3 is 6.09 Å². The van der Waals surface area contributed by atoms with Crippen molar-refractivity contribution < 1.29 is 14.1 Å². The topological polar surface area (TPSA) is 104 Å². The normalized spacial score (nSPS) is 13.9. The van der Waals surface area contributed by atoms with Gasteiger partial charge in [0.15, 0.2) is 0 Å². The average molecular weight is 292 g/mol. The molecule has 114 valence electrons. The Labute approximate surface area is 123 Å². The maximum atomic E-state index is 10.3. The summed E-state index contributed by atoms with van der Waals surface area (Å²) >= 11 is 0. The number of hydrogen-bond donors (Lipinski definition) is 1. The van der Waals surface area contributed by atoms with E-state index in [1.165, 1.54) is 12.7 Å². The van der Waals surface area contributed by atoms with E-state index >= 15 is 0 Å². The number of ether oxygens (including phenoxy) is 1. The zero-order chi connectivity index (χ0) is 15.2. The van der Waals surface area contributed by atoms with Crippen LogP contribution in [0.4, 0.5) is 4.79 Å². The molecule has 0 saturated heterocycles. The SMILES string of the molecule is NC(=O)OC1CCCCC1.c1cnccn1.c1cnoc1. The molecule has 1 amide bonds. The van der Waals surface area contributed by atoms with Crippen molar-refractivity contribution in [2.75, 3.05) is 0 Å². The number of primary amides is 1. The Morgan fingerprint density at radius 1 is 1.05 bits per heavy atom. The lowest BCUT2D eigenvalue weighted by Crippen LogP contribution is -2.24. The molecule has 0 spiro atoms.